The summed E-state index contributed by atoms with van der Waals surface area (Å²) in [5, 5.41) is 23.0. The summed E-state index contributed by atoms with van der Waals surface area (Å²) in [6, 6.07) is 4.87. The van der Waals surface area contributed by atoms with Crippen LogP contribution in [0.4, 0.5) is 4.79 Å². The van der Waals surface area contributed by atoms with Crippen LogP contribution in [0.15, 0.2) is 29.3 Å². The van der Waals surface area contributed by atoms with Crippen molar-refractivity contribution in [1.82, 2.24) is 10.3 Å². The maximum absolute atomic E-state index is 13.1. The van der Waals surface area contributed by atoms with Gasteiger partial charge in [-0.05, 0) is 52.4 Å². The van der Waals surface area contributed by atoms with Crippen LogP contribution in [-0.4, -0.2) is 54.1 Å². The number of rotatable bonds is 7. The molecule has 178 valence electrons. The molecule has 2 fully saturated rings. The number of hydrogen-bond donors (Lipinski definition) is 3. The first-order valence-electron chi connectivity index (χ1n) is 11.3. The summed E-state index contributed by atoms with van der Waals surface area (Å²) in [7, 11) is -5.53. The molecule has 0 bridgehead atoms. The van der Waals surface area contributed by atoms with Crippen molar-refractivity contribution in [3.63, 3.8) is 0 Å². The number of hydrogen-bond acceptors (Lipinski definition) is 8. The van der Waals surface area contributed by atoms with E-state index in [0.717, 1.165) is 30.7 Å². The number of carbonyl (C=O) groups is 1. The molecule has 11 heteroatoms. The highest BCUT2D eigenvalue weighted by Gasteiger charge is 2.41. The SMILES string of the molecule is CC(C)OC(=O)NC1CCC(c2ncc(-c3cccc(B(O)O)c3S(=O)(=O)C3CC3)s2)CC1. The number of nitrogens with zero attached hydrogens (tertiary/aromatic N) is 1. The summed E-state index contributed by atoms with van der Waals surface area (Å²) in [5.41, 5.74) is 0.484. The average Bonchev–Trinajstić information content (AvgIpc) is 3.51. The molecule has 2 aromatic rings. The fraction of sp³-hybridized carbons (Fsp3) is 0.545. The smallest absolute Gasteiger partial charge is 0.447 e. The van der Waals surface area contributed by atoms with Crippen molar-refractivity contribution >= 4 is 39.8 Å². The Morgan fingerprint density at radius 1 is 1.18 bits per heavy atom. The molecular formula is C22H29BN2O6S2. The van der Waals surface area contributed by atoms with Gasteiger partial charge in [-0.25, -0.2) is 18.2 Å². The molecule has 2 saturated carbocycles. The first-order chi connectivity index (χ1) is 15.7. The lowest BCUT2D eigenvalue weighted by atomic mass is 9.79. The number of sulfone groups is 1. The summed E-state index contributed by atoms with van der Waals surface area (Å²) >= 11 is 1.45. The standard InChI is InChI=1S/C22H29BN2O6S2/c1-13(2)31-22(26)25-15-8-6-14(7-9-15)21-24-12-19(32-21)17-4-3-5-18(23(27)28)20(17)33(29,30)16-10-11-16/h3-5,12-16,27-28H,6-11H2,1-2H3,(H,25,26). The van der Waals surface area contributed by atoms with Gasteiger partial charge in [0.05, 0.1) is 26.1 Å². The van der Waals surface area contributed by atoms with E-state index in [0.29, 0.717) is 23.3 Å². The molecule has 4 rings (SSSR count). The van der Waals surface area contributed by atoms with Gasteiger partial charge in [0.1, 0.15) is 0 Å². The Balaban J connectivity index is 1.52. The van der Waals surface area contributed by atoms with E-state index in [1.165, 1.54) is 17.4 Å². The number of carbonyl (C=O) groups excluding carboxylic acids is 1. The highest BCUT2D eigenvalue weighted by Crippen LogP contribution is 2.41. The minimum absolute atomic E-state index is 0.00853. The number of benzene rings is 1. The first kappa shape index (κ1) is 24.2. The average molecular weight is 492 g/mol. The molecule has 2 aliphatic carbocycles. The van der Waals surface area contributed by atoms with E-state index in [-0.39, 0.29) is 34.5 Å². The van der Waals surface area contributed by atoms with Gasteiger partial charge in [-0.1, -0.05) is 18.2 Å². The van der Waals surface area contributed by atoms with Crippen LogP contribution in [0.3, 0.4) is 0 Å². The molecule has 1 amide bonds. The second-order valence-corrected chi connectivity index (χ2v) is 12.3. The largest absolute Gasteiger partial charge is 0.489 e. The molecule has 1 heterocycles. The van der Waals surface area contributed by atoms with Crippen LogP contribution in [0.5, 0.6) is 0 Å². The van der Waals surface area contributed by atoms with Crippen LogP contribution in [-0.2, 0) is 14.6 Å². The topological polar surface area (TPSA) is 126 Å². The van der Waals surface area contributed by atoms with Gasteiger partial charge in [-0.3, -0.25) is 0 Å². The molecule has 0 saturated heterocycles. The molecule has 0 unspecified atom stereocenters. The van der Waals surface area contributed by atoms with Gasteiger partial charge >= 0.3 is 13.2 Å². The number of alkyl carbamates (subject to hydrolysis) is 1. The molecule has 0 atom stereocenters. The second-order valence-electron chi connectivity index (χ2n) is 9.05. The summed E-state index contributed by atoms with van der Waals surface area (Å²) in [4.78, 5) is 17.1. The normalized spacial score (nSPS) is 21.1. The summed E-state index contributed by atoms with van der Waals surface area (Å²) < 4.78 is 31.4. The Morgan fingerprint density at radius 2 is 1.88 bits per heavy atom. The monoisotopic (exact) mass is 492 g/mol. The third kappa shape index (κ3) is 5.42. The van der Waals surface area contributed by atoms with E-state index in [9.17, 15) is 23.3 Å². The quantitative estimate of drug-likeness (QED) is 0.508. The van der Waals surface area contributed by atoms with Crippen LogP contribution in [0.25, 0.3) is 10.4 Å². The van der Waals surface area contributed by atoms with Gasteiger partial charge in [0, 0.05) is 29.2 Å². The van der Waals surface area contributed by atoms with E-state index >= 15 is 0 Å². The van der Waals surface area contributed by atoms with Crippen molar-refractivity contribution in [2.75, 3.05) is 0 Å². The van der Waals surface area contributed by atoms with Crippen LogP contribution in [0.2, 0.25) is 0 Å². The Morgan fingerprint density at radius 3 is 2.48 bits per heavy atom. The molecule has 8 nitrogen and oxygen atoms in total. The predicted octanol–water partition coefficient (Wildman–Crippen LogP) is 2.59. The highest BCUT2D eigenvalue weighted by molar-refractivity contribution is 7.92. The number of ether oxygens (including phenoxy) is 1. The van der Waals surface area contributed by atoms with Crippen molar-refractivity contribution < 1.29 is 28.0 Å². The minimum Gasteiger partial charge on any atom is -0.447 e. The van der Waals surface area contributed by atoms with Gasteiger partial charge in [-0.2, -0.15) is 0 Å². The van der Waals surface area contributed by atoms with Gasteiger partial charge in [0.2, 0.25) is 0 Å². The molecule has 0 aliphatic heterocycles. The summed E-state index contributed by atoms with van der Waals surface area (Å²) in [6.45, 7) is 3.63. The van der Waals surface area contributed by atoms with Crippen LogP contribution in [0, 0.1) is 0 Å². The maximum atomic E-state index is 13.1. The fourth-order valence-electron chi connectivity index (χ4n) is 4.32. The Hall–Kier alpha value is -1.95. The fourth-order valence-corrected chi connectivity index (χ4v) is 7.57. The molecule has 1 aromatic heterocycles. The Bertz CT molecular complexity index is 1110. The minimum atomic E-state index is -3.66. The summed E-state index contributed by atoms with van der Waals surface area (Å²) in [6.07, 6.45) is 5.68. The van der Waals surface area contributed by atoms with Crippen LogP contribution in [0.1, 0.15) is 63.3 Å². The molecular weight excluding hydrogens is 463 g/mol. The van der Waals surface area contributed by atoms with E-state index < -0.39 is 22.2 Å². The van der Waals surface area contributed by atoms with E-state index in [1.807, 2.05) is 13.8 Å². The Kier molecular flexibility index (Phi) is 7.13. The molecule has 1 aromatic carbocycles. The summed E-state index contributed by atoms with van der Waals surface area (Å²) in [5.74, 6) is 0.234. The molecule has 3 N–H and O–H groups in total. The van der Waals surface area contributed by atoms with Crippen LogP contribution < -0.4 is 10.8 Å². The lowest BCUT2D eigenvalue weighted by Gasteiger charge is -2.28. The molecule has 0 radical (unpaired) electrons. The molecule has 33 heavy (non-hydrogen) atoms. The third-order valence-electron chi connectivity index (χ3n) is 6.10. The van der Waals surface area contributed by atoms with Crippen LogP contribution >= 0.6 is 11.3 Å². The van der Waals surface area contributed by atoms with Gasteiger partial charge in [0.15, 0.2) is 9.84 Å². The van der Waals surface area contributed by atoms with Gasteiger partial charge < -0.3 is 20.1 Å². The van der Waals surface area contributed by atoms with E-state index in [4.69, 9.17) is 4.74 Å². The van der Waals surface area contributed by atoms with Crippen molar-refractivity contribution in [2.24, 2.45) is 0 Å². The zero-order valence-corrected chi connectivity index (χ0v) is 20.4. The van der Waals surface area contributed by atoms with Crippen molar-refractivity contribution in [1.29, 1.82) is 0 Å². The number of thiazole rings is 1. The van der Waals surface area contributed by atoms with E-state index in [2.05, 4.69) is 10.3 Å². The van der Waals surface area contributed by atoms with Gasteiger partial charge in [-0.15, -0.1) is 11.3 Å². The molecule has 0 spiro atoms. The number of nitrogens with one attached hydrogen (secondary N) is 1. The van der Waals surface area contributed by atoms with Crippen molar-refractivity contribution in [3.05, 3.63) is 29.4 Å². The second kappa shape index (κ2) is 9.73. The van der Waals surface area contributed by atoms with Crippen molar-refractivity contribution in [2.45, 2.75) is 80.6 Å². The number of aromatic nitrogens is 1. The zero-order valence-electron chi connectivity index (χ0n) is 18.7. The zero-order chi connectivity index (χ0) is 23.8. The van der Waals surface area contributed by atoms with Gasteiger partial charge in [0.25, 0.3) is 0 Å². The third-order valence-corrected chi connectivity index (χ3v) is 9.67. The Labute approximate surface area is 198 Å². The number of amides is 1. The highest BCUT2D eigenvalue weighted by atomic mass is 32.2. The predicted molar refractivity (Wildman–Crippen MR) is 127 cm³/mol. The molecule has 2 aliphatic rings. The van der Waals surface area contributed by atoms with E-state index in [1.54, 1.807) is 18.3 Å². The lowest BCUT2D eigenvalue weighted by Crippen LogP contribution is -2.38. The van der Waals surface area contributed by atoms with Crippen molar-refractivity contribution in [3.8, 4) is 10.4 Å². The maximum Gasteiger partial charge on any atom is 0.489 e. The first-order valence-corrected chi connectivity index (χ1v) is 13.7. The lowest BCUT2D eigenvalue weighted by molar-refractivity contribution is 0.109.